The second-order valence-electron chi connectivity index (χ2n) is 17.7. The molecular formula is C44H80N6O6. The summed E-state index contributed by atoms with van der Waals surface area (Å²) in [4.78, 5) is 31.1. The van der Waals surface area contributed by atoms with Crippen LogP contribution in [-0.4, -0.2) is 108 Å². The van der Waals surface area contributed by atoms with E-state index in [9.17, 15) is 14.7 Å². The van der Waals surface area contributed by atoms with Gasteiger partial charge >= 0.3 is 5.97 Å². The van der Waals surface area contributed by atoms with E-state index in [1.165, 1.54) is 44.9 Å². The summed E-state index contributed by atoms with van der Waals surface area (Å²) in [5.74, 6) is -0.312. The van der Waals surface area contributed by atoms with Crippen LogP contribution in [0.25, 0.3) is 0 Å². The summed E-state index contributed by atoms with van der Waals surface area (Å²) in [5.41, 5.74) is 10.1. The van der Waals surface area contributed by atoms with Gasteiger partial charge in [0, 0.05) is 38.0 Å². The van der Waals surface area contributed by atoms with Crippen molar-refractivity contribution in [2.75, 3.05) is 32.8 Å². The minimum atomic E-state index is -0.727. The lowest BCUT2D eigenvalue weighted by Gasteiger charge is -2.60. The van der Waals surface area contributed by atoms with Gasteiger partial charge in [-0.2, -0.15) is 0 Å². The molecule has 12 heteroatoms. The predicted octanol–water partition coefficient (Wildman–Crippen LogP) is 5.94. The van der Waals surface area contributed by atoms with Crippen LogP contribution in [0.1, 0.15) is 168 Å². The summed E-state index contributed by atoms with van der Waals surface area (Å²) < 4.78 is 19.7. The van der Waals surface area contributed by atoms with Gasteiger partial charge in [-0.1, -0.05) is 83.3 Å². The van der Waals surface area contributed by atoms with Gasteiger partial charge in [0.2, 0.25) is 5.91 Å². The molecule has 5 aliphatic rings. The van der Waals surface area contributed by atoms with Crippen molar-refractivity contribution in [2.24, 2.45) is 17.4 Å². The molecule has 0 aromatic rings. The topological polar surface area (TPSA) is 165 Å². The summed E-state index contributed by atoms with van der Waals surface area (Å²) in [6.07, 6.45) is 28.4. The fourth-order valence-electron chi connectivity index (χ4n) is 10.3. The maximum absolute atomic E-state index is 14.1. The highest BCUT2D eigenvalue weighted by Crippen LogP contribution is 2.49. The molecule has 0 saturated carbocycles. The van der Waals surface area contributed by atoms with Crippen LogP contribution in [0.15, 0.2) is 12.2 Å². The van der Waals surface area contributed by atoms with Crippen molar-refractivity contribution >= 4 is 11.9 Å². The zero-order chi connectivity index (χ0) is 39.8. The molecular weight excluding hydrogens is 709 g/mol. The molecule has 0 aromatic heterocycles. The average Bonchev–Trinajstić information content (AvgIpc) is 3.48. The number of aliphatic hydroxyl groups excluding tert-OH is 1. The molecule has 0 aliphatic carbocycles. The molecule has 322 valence electrons. The van der Waals surface area contributed by atoms with E-state index in [2.05, 4.69) is 41.5 Å². The number of nitrogens with one attached hydrogen (secondary N) is 2. The largest absolute Gasteiger partial charge is 0.465 e. The fourth-order valence-corrected chi connectivity index (χ4v) is 10.3. The third-order valence-corrected chi connectivity index (χ3v) is 13.2. The van der Waals surface area contributed by atoms with Crippen molar-refractivity contribution in [3.05, 3.63) is 12.2 Å². The van der Waals surface area contributed by atoms with Crippen LogP contribution in [0.4, 0.5) is 0 Å². The number of ether oxygens (including phenoxy) is 3. The van der Waals surface area contributed by atoms with E-state index >= 15 is 0 Å². The van der Waals surface area contributed by atoms with Crippen LogP contribution in [-0.2, 0) is 23.8 Å². The minimum absolute atomic E-state index is 0.0915. The van der Waals surface area contributed by atoms with Crippen molar-refractivity contribution < 1.29 is 28.9 Å². The Hall–Kier alpha value is -1.64. The highest BCUT2D eigenvalue weighted by Gasteiger charge is 2.63. The third kappa shape index (κ3) is 12.7. The number of amides is 1. The van der Waals surface area contributed by atoms with Crippen molar-refractivity contribution in [1.82, 2.24) is 20.4 Å². The molecule has 7 N–H and O–H groups in total. The van der Waals surface area contributed by atoms with E-state index in [4.69, 9.17) is 25.7 Å². The zero-order valence-electron chi connectivity index (χ0n) is 35.2. The first-order valence-electron chi connectivity index (χ1n) is 23.1. The van der Waals surface area contributed by atoms with E-state index < -0.39 is 11.8 Å². The Labute approximate surface area is 338 Å². The number of carbonyl (C=O) groups excluding carboxylic acids is 2. The van der Waals surface area contributed by atoms with Crippen molar-refractivity contribution in [1.29, 1.82) is 0 Å². The van der Waals surface area contributed by atoms with Crippen molar-refractivity contribution in [2.45, 2.75) is 216 Å². The van der Waals surface area contributed by atoms with Crippen LogP contribution >= 0.6 is 0 Å². The lowest BCUT2D eigenvalue weighted by molar-refractivity contribution is -0.255. The first-order chi connectivity index (χ1) is 27.2. The number of hydrogen-bond acceptors (Lipinski definition) is 11. The van der Waals surface area contributed by atoms with Crippen LogP contribution in [0.2, 0.25) is 0 Å². The average molecular weight is 789 g/mol. The second-order valence-corrected chi connectivity index (χ2v) is 17.7. The molecule has 1 amide bonds. The molecule has 9 unspecified atom stereocenters. The molecule has 5 heterocycles. The SMILES string of the molecule is CCC1C=CCCC2(CC3CCC4C(C(=O)OCCCCCCCCCCCCCCC(=O)N(CCCN)CC(O)CCN)C5(CCCC(C)O5)NC(N2)N34)O1. The van der Waals surface area contributed by atoms with Gasteiger partial charge in [0.1, 0.15) is 23.7 Å². The second kappa shape index (κ2) is 23.2. The lowest BCUT2D eigenvalue weighted by atomic mass is 9.79. The van der Waals surface area contributed by atoms with Crippen molar-refractivity contribution in [3.63, 3.8) is 0 Å². The lowest BCUT2D eigenvalue weighted by Crippen LogP contribution is -2.81. The third-order valence-electron chi connectivity index (χ3n) is 13.2. The van der Waals surface area contributed by atoms with Gasteiger partial charge in [0.05, 0.1) is 24.9 Å². The van der Waals surface area contributed by atoms with E-state index in [0.717, 1.165) is 96.3 Å². The molecule has 9 atom stereocenters. The van der Waals surface area contributed by atoms with Crippen LogP contribution in [0.5, 0.6) is 0 Å². The Morgan fingerprint density at radius 2 is 1.64 bits per heavy atom. The number of carbonyl (C=O) groups is 2. The Kier molecular flexibility index (Phi) is 18.8. The summed E-state index contributed by atoms with van der Waals surface area (Å²) >= 11 is 0. The number of hydrogen-bond donors (Lipinski definition) is 5. The van der Waals surface area contributed by atoms with Crippen LogP contribution in [0, 0.1) is 5.92 Å². The highest BCUT2D eigenvalue weighted by atomic mass is 16.6. The number of allylic oxidation sites excluding steroid dienone is 1. The maximum atomic E-state index is 14.1. The van der Waals surface area contributed by atoms with Gasteiger partial charge in [-0.05, 0) is 97.1 Å². The standard InChI is InChI=1S/C44H80N6O6/c1-3-37-21-15-16-26-43(56-37)32-35-23-24-38-40(44(27-18-20-34(2)55-44)48-42(47-43)50(35)38)41(53)54-31-17-13-11-9-7-5-4-6-8-10-12-14-22-39(52)49(30-19-28-45)33-36(51)25-29-46/h15,21,34-38,40,42,47-48,51H,3-14,16-20,22-33,45-46H2,1-2H3. The summed E-state index contributed by atoms with van der Waals surface area (Å²) in [5, 5.41) is 17.9. The van der Waals surface area contributed by atoms with Gasteiger partial charge in [-0.3, -0.25) is 25.1 Å². The molecule has 2 spiro atoms. The molecule has 0 bridgehead atoms. The van der Waals surface area contributed by atoms with Crippen LogP contribution in [0.3, 0.4) is 0 Å². The summed E-state index contributed by atoms with van der Waals surface area (Å²) in [7, 11) is 0. The van der Waals surface area contributed by atoms with Gasteiger partial charge in [0.15, 0.2) is 0 Å². The first kappa shape index (κ1) is 45.4. The number of unbranched alkanes of at least 4 members (excludes halogenated alkanes) is 11. The van der Waals surface area contributed by atoms with Gasteiger partial charge < -0.3 is 35.7 Å². The number of aliphatic hydroxyl groups is 1. The number of rotatable bonds is 24. The van der Waals surface area contributed by atoms with E-state index in [1.807, 2.05) is 0 Å². The normalized spacial score (nSPS) is 32.0. The minimum Gasteiger partial charge on any atom is -0.465 e. The molecule has 5 rings (SSSR count). The Morgan fingerprint density at radius 3 is 2.32 bits per heavy atom. The quantitative estimate of drug-likeness (QED) is 0.0447. The van der Waals surface area contributed by atoms with Gasteiger partial charge in [0.25, 0.3) is 0 Å². The number of nitrogens with zero attached hydrogens (tertiary/aromatic N) is 2. The molecule has 56 heavy (non-hydrogen) atoms. The monoisotopic (exact) mass is 789 g/mol. The summed E-state index contributed by atoms with van der Waals surface area (Å²) in [6.45, 7) is 6.73. The van der Waals surface area contributed by atoms with Crippen molar-refractivity contribution in [3.8, 4) is 0 Å². The molecule has 4 saturated heterocycles. The molecule has 0 aromatic carbocycles. The molecule has 4 fully saturated rings. The van der Waals surface area contributed by atoms with E-state index in [0.29, 0.717) is 51.7 Å². The predicted molar refractivity (Wildman–Crippen MR) is 221 cm³/mol. The smallest absolute Gasteiger partial charge is 0.314 e. The van der Waals surface area contributed by atoms with Gasteiger partial charge in [-0.25, -0.2) is 0 Å². The number of esters is 1. The Balaban J connectivity index is 0.949. The maximum Gasteiger partial charge on any atom is 0.314 e. The number of nitrogens with two attached hydrogens (primary N) is 2. The van der Waals surface area contributed by atoms with E-state index in [-0.39, 0.29) is 48.1 Å². The highest BCUT2D eigenvalue weighted by molar-refractivity contribution is 5.76. The Morgan fingerprint density at radius 1 is 0.929 bits per heavy atom. The summed E-state index contributed by atoms with van der Waals surface area (Å²) in [6, 6.07) is 0.460. The molecule has 0 radical (unpaired) electrons. The van der Waals surface area contributed by atoms with E-state index in [1.54, 1.807) is 4.90 Å². The fraction of sp³-hybridized carbons (Fsp3) is 0.909. The van der Waals surface area contributed by atoms with Gasteiger partial charge in [-0.15, -0.1) is 0 Å². The van der Waals surface area contributed by atoms with Crippen LogP contribution < -0.4 is 22.1 Å². The zero-order valence-corrected chi connectivity index (χ0v) is 35.2. The molecule has 5 aliphatic heterocycles. The molecule has 12 nitrogen and oxygen atoms in total. The first-order valence-corrected chi connectivity index (χ1v) is 23.1. The Bertz CT molecular complexity index is 1210.